The molecule has 4 rings (SSSR count). The summed E-state index contributed by atoms with van der Waals surface area (Å²) in [4.78, 5) is 12.6. The zero-order chi connectivity index (χ0) is 16.5. The van der Waals surface area contributed by atoms with Gasteiger partial charge in [-0.05, 0) is 55.0 Å². The van der Waals surface area contributed by atoms with E-state index >= 15 is 0 Å². The van der Waals surface area contributed by atoms with Crippen LogP contribution in [0.1, 0.15) is 50.4 Å². The second-order valence-electron chi connectivity index (χ2n) is 6.52. The van der Waals surface area contributed by atoms with Gasteiger partial charge in [-0.15, -0.1) is 0 Å². The van der Waals surface area contributed by atoms with Gasteiger partial charge in [-0.2, -0.15) is 0 Å². The van der Waals surface area contributed by atoms with Gasteiger partial charge in [-0.3, -0.25) is 0 Å². The summed E-state index contributed by atoms with van der Waals surface area (Å²) in [5.74, 6) is 2.70. The zero-order valence-electron chi connectivity index (χ0n) is 14.3. The van der Waals surface area contributed by atoms with Gasteiger partial charge in [0, 0.05) is 17.7 Å². The molecule has 0 atom stereocenters. The summed E-state index contributed by atoms with van der Waals surface area (Å²) in [6.07, 6.45) is 6.38. The third kappa shape index (κ3) is 2.88. The fourth-order valence-corrected chi connectivity index (χ4v) is 3.01. The van der Waals surface area contributed by atoms with E-state index in [2.05, 4.69) is 53.1 Å². The summed E-state index contributed by atoms with van der Waals surface area (Å²) in [6.45, 7) is 5.05. The number of pyridine rings is 1. The molecule has 4 heteroatoms. The number of hydrogen-bond acceptors (Lipinski definition) is 3. The van der Waals surface area contributed by atoms with Crippen molar-refractivity contribution < 1.29 is 4.74 Å². The highest BCUT2D eigenvalue weighted by Gasteiger charge is 2.27. The minimum atomic E-state index is 0.615. The summed E-state index contributed by atoms with van der Waals surface area (Å²) >= 11 is 0. The number of H-pyrrole nitrogens is 1. The van der Waals surface area contributed by atoms with Crippen LogP contribution in [0.5, 0.6) is 5.75 Å². The SMILES string of the molecule is CCCOc1ccc(-c2cnc3nc(C4CC4)[nH]c3c2)cc1CC. The van der Waals surface area contributed by atoms with Crippen LogP contribution in [0.15, 0.2) is 30.5 Å². The average Bonchev–Trinajstić information content (AvgIpc) is 3.38. The monoisotopic (exact) mass is 321 g/mol. The van der Waals surface area contributed by atoms with Crippen molar-refractivity contribution in [3.63, 3.8) is 0 Å². The standard InChI is InChI=1S/C20H23N3O/c1-3-9-24-18-8-7-15(10-13(18)4-2)16-11-17-20(21-12-16)23-19(22-17)14-5-6-14/h7-8,10-12,14H,3-6,9H2,1-2H3,(H,21,22,23). The van der Waals surface area contributed by atoms with Crippen molar-refractivity contribution in [1.82, 2.24) is 15.0 Å². The molecule has 1 aliphatic carbocycles. The highest BCUT2D eigenvalue weighted by atomic mass is 16.5. The van der Waals surface area contributed by atoms with Crippen LogP contribution >= 0.6 is 0 Å². The fraction of sp³-hybridized carbons (Fsp3) is 0.400. The molecule has 1 aliphatic rings. The van der Waals surface area contributed by atoms with Crippen molar-refractivity contribution in [2.75, 3.05) is 6.61 Å². The van der Waals surface area contributed by atoms with Crippen LogP contribution in [0.25, 0.3) is 22.3 Å². The number of benzene rings is 1. The molecule has 0 aliphatic heterocycles. The minimum absolute atomic E-state index is 0.615. The molecule has 0 spiro atoms. The van der Waals surface area contributed by atoms with Gasteiger partial charge in [0.2, 0.25) is 0 Å². The quantitative estimate of drug-likeness (QED) is 0.706. The van der Waals surface area contributed by atoms with Gasteiger partial charge in [0.1, 0.15) is 11.6 Å². The van der Waals surface area contributed by atoms with Gasteiger partial charge in [0.25, 0.3) is 0 Å². The lowest BCUT2D eigenvalue weighted by Crippen LogP contribution is -1.98. The van der Waals surface area contributed by atoms with E-state index in [4.69, 9.17) is 4.74 Å². The van der Waals surface area contributed by atoms with Crippen LogP contribution in [-0.4, -0.2) is 21.6 Å². The summed E-state index contributed by atoms with van der Waals surface area (Å²) in [5.41, 5.74) is 5.38. The molecule has 24 heavy (non-hydrogen) atoms. The van der Waals surface area contributed by atoms with E-state index in [1.54, 1.807) is 0 Å². The predicted molar refractivity (Wildman–Crippen MR) is 96.5 cm³/mol. The Kier molecular flexibility index (Phi) is 3.97. The second kappa shape index (κ2) is 6.27. The zero-order valence-corrected chi connectivity index (χ0v) is 14.3. The normalized spacial score (nSPS) is 14.2. The Morgan fingerprint density at radius 2 is 2.04 bits per heavy atom. The van der Waals surface area contributed by atoms with Crippen molar-refractivity contribution >= 4 is 11.2 Å². The number of imidazole rings is 1. The highest BCUT2D eigenvalue weighted by Crippen LogP contribution is 2.39. The number of aryl methyl sites for hydroxylation is 1. The largest absolute Gasteiger partial charge is 0.493 e. The number of rotatable bonds is 6. The predicted octanol–water partition coefficient (Wildman–Crippen LogP) is 4.85. The van der Waals surface area contributed by atoms with Gasteiger partial charge in [-0.25, -0.2) is 9.97 Å². The fourth-order valence-electron chi connectivity index (χ4n) is 3.01. The van der Waals surface area contributed by atoms with Crippen LogP contribution in [-0.2, 0) is 6.42 Å². The first-order valence-electron chi connectivity index (χ1n) is 8.90. The Balaban J connectivity index is 1.68. The van der Waals surface area contributed by atoms with E-state index in [-0.39, 0.29) is 0 Å². The van der Waals surface area contributed by atoms with Crippen molar-refractivity contribution in [3.8, 4) is 16.9 Å². The van der Waals surface area contributed by atoms with Crippen molar-refractivity contribution in [1.29, 1.82) is 0 Å². The summed E-state index contributed by atoms with van der Waals surface area (Å²) in [5, 5.41) is 0. The molecule has 3 aromatic rings. The maximum absolute atomic E-state index is 5.84. The Bertz CT molecular complexity index is 864. The molecule has 1 N–H and O–H groups in total. The minimum Gasteiger partial charge on any atom is -0.493 e. The summed E-state index contributed by atoms with van der Waals surface area (Å²) in [7, 11) is 0. The lowest BCUT2D eigenvalue weighted by atomic mass is 10.0. The molecule has 4 nitrogen and oxygen atoms in total. The van der Waals surface area contributed by atoms with Crippen molar-refractivity contribution in [2.24, 2.45) is 0 Å². The van der Waals surface area contributed by atoms with Gasteiger partial charge in [0.15, 0.2) is 5.65 Å². The first-order valence-corrected chi connectivity index (χ1v) is 8.90. The van der Waals surface area contributed by atoms with Crippen LogP contribution < -0.4 is 4.74 Å². The average molecular weight is 321 g/mol. The maximum atomic E-state index is 5.84. The Morgan fingerprint density at radius 1 is 1.17 bits per heavy atom. The van der Waals surface area contributed by atoms with Crippen molar-refractivity contribution in [2.45, 2.75) is 45.4 Å². The molecule has 0 bridgehead atoms. The Hall–Kier alpha value is -2.36. The topological polar surface area (TPSA) is 50.8 Å². The Morgan fingerprint density at radius 3 is 2.79 bits per heavy atom. The highest BCUT2D eigenvalue weighted by molar-refractivity contribution is 5.78. The first kappa shape index (κ1) is 15.2. The molecule has 1 saturated carbocycles. The smallest absolute Gasteiger partial charge is 0.177 e. The summed E-state index contributed by atoms with van der Waals surface area (Å²) in [6, 6.07) is 8.57. The molecule has 2 heterocycles. The van der Waals surface area contributed by atoms with Crippen LogP contribution in [0.2, 0.25) is 0 Å². The second-order valence-corrected chi connectivity index (χ2v) is 6.52. The van der Waals surface area contributed by atoms with E-state index in [1.807, 2.05) is 6.20 Å². The summed E-state index contributed by atoms with van der Waals surface area (Å²) < 4.78 is 5.84. The molecule has 124 valence electrons. The number of nitrogens with one attached hydrogen (secondary N) is 1. The first-order chi connectivity index (χ1) is 11.8. The molecule has 0 unspecified atom stereocenters. The molecule has 2 aromatic heterocycles. The van der Waals surface area contributed by atoms with Gasteiger partial charge < -0.3 is 9.72 Å². The van der Waals surface area contributed by atoms with Gasteiger partial charge in [0.05, 0.1) is 12.1 Å². The number of ether oxygens (including phenoxy) is 1. The number of aromatic nitrogens is 3. The van der Waals surface area contributed by atoms with E-state index in [0.29, 0.717) is 5.92 Å². The molecule has 1 aromatic carbocycles. The van der Waals surface area contributed by atoms with E-state index in [0.717, 1.165) is 47.7 Å². The van der Waals surface area contributed by atoms with Gasteiger partial charge >= 0.3 is 0 Å². The number of fused-ring (bicyclic) bond motifs is 1. The number of hydrogen-bond donors (Lipinski definition) is 1. The van der Waals surface area contributed by atoms with Crippen LogP contribution in [0.4, 0.5) is 0 Å². The third-order valence-corrected chi connectivity index (χ3v) is 4.56. The Labute approximate surface area is 142 Å². The molecular formula is C20H23N3O. The molecule has 0 amide bonds. The lowest BCUT2D eigenvalue weighted by molar-refractivity contribution is 0.314. The maximum Gasteiger partial charge on any atom is 0.177 e. The number of nitrogens with zero attached hydrogens (tertiary/aromatic N) is 2. The molecular weight excluding hydrogens is 298 g/mol. The number of aromatic amines is 1. The van der Waals surface area contributed by atoms with Gasteiger partial charge in [-0.1, -0.05) is 19.9 Å². The lowest BCUT2D eigenvalue weighted by Gasteiger charge is -2.11. The van der Waals surface area contributed by atoms with E-state index in [1.165, 1.54) is 24.0 Å². The molecule has 0 saturated heterocycles. The van der Waals surface area contributed by atoms with Crippen LogP contribution in [0.3, 0.4) is 0 Å². The van der Waals surface area contributed by atoms with Crippen molar-refractivity contribution in [3.05, 3.63) is 41.9 Å². The third-order valence-electron chi connectivity index (χ3n) is 4.56. The van der Waals surface area contributed by atoms with E-state index in [9.17, 15) is 0 Å². The molecule has 1 fully saturated rings. The van der Waals surface area contributed by atoms with E-state index < -0.39 is 0 Å². The van der Waals surface area contributed by atoms with Crippen LogP contribution in [0, 0.1) is 0 Å². The molecule has 0 radical (unpaired) electrons.